The monoisotopic (exact) mass is 274 g/mol. The number of rotatable bonds is 3. The lowest BCUT2D eigenvalue weighted by Crippen LogP contribution is -2.28. The van der Waals surface area contributed by atoms with Crippen LogP contribution in [-0.2, 0) is 4.79 Å². The summed E-state index contributed by atoms with van der Waals surface area (Å²) in [5.41, 5.74) is 0.589. The van der Waals surface area contributed by atoms with Gasteiger partial charge in [0.1, 0.15) is 5.82 Å². The molecule has 0 aromatic heterocycles. The molecule has 0 saturated heterocycles. The van der Waals surface area contributed by atoms with Crippen molar-refractivity contribution >= 4 is 27.5 Å². The van der Waals surface area contributed by atoms with Gasteiger partial charge < -0.3 is 10.2 Å². The third-order valence-electron chi connectivity index (χ3n) is 1.86. The molecule has 0 saturated carbocycles. The maximum absolute atomic E-state index is 13.1. The van der Waals surface area contributed by atoms with E-state index < -0.39 is 0 Å². The standard InChI is InChI=1S/C10H12BrFN2O/c1-14(2)10(15)6-13-7-3-4-8(11)9(12)5-7/h3-5,13H,6H2,1-2H3. The maximum atomic E-state index is 13.1. The molecule has 82 valence electrons. The lowest BCUT2D eigenvalue weighted by atomic mass is 10.3. The lowest BCUT2D eigenvalue weighted by Gasteiger charge is -2.11. The van der Waals surface area contributed by atoms with Crippen LogP contribution in [0.4, 0.5) is 10.1 Å². The van der Waals surface area contributed by atoms with Crippen LogP contribution in [0.15, 0.2) is 22.7 Å². The predicted molar refractivity (Wildman–Crippen MR) is 61.3 cm³/mol. The number of amides is 1. The molecule has 15 heavy (non-hydrogen) atoms. The van der Waals surface area contributed by atoms with Gasteiger partial charge in [0, 0.05) is 19.8 Å². The number of hydrogen-bond donors (Lipinski definition) is 1. The molecule has 1 aromatic rings. The van der Waals surface area contributed by atoms with Crippen LogP contribution in [0.3, 0.4) is 0 Å². The smallest absolute Gasteiger partial charge is 0.241 e. The molecule has 3 nitrogen and oxygen atoms in total. The van der Waals surface area contributed by atoms with E-state index in [0.717, 1.165) is 0 Å². The fraction of sp³-hybridized carbons (Fsp3) is 0.300. The molecule has 0 spiro atoms. The van der Waals surface area contributed by atoms with Crippen LogP contribution in [0, 0.1) is 5.82 Å². The summed E-state index contributed by atoms with van der Waals surface area (Å²) in [5.74, 6) is -0.407. The molecule has 5 heteroatoms. The molecule has 0 radical (unpaired) electrons. The molecule has 1 rings (SSSR count). The zero-order valence-electron chi connectivity index (χ0n) is 8.55. The van der Waals surface area contributed by atoms with Crippen molar-refractivity contribution < 1.29 is 9.18 Å². The average Bonchev–Trinajstić information content (AvgIpc) is 2.19. The van der Waals surface area contributed by atoms with E-state index in [9.17, 15) is 9.18 Å². The van der Waals surface area contributed by atoms with Gasteiger partial charge in [-0.3, -0.25) is 4.79 Å². The summed E-state index contributed by atoms with van der Waals surface area (Å²) in [7, 11) is 3.35. The van der Waals surface area contributed by atoms with E-state index in [-0.39, 0.29) is 18.3 Å². The van der Waals surface area contributed by atoms with Gasteiger partial charge in [-0.25, -0.2) is 4.39 Å². The minimum atomic E-state index is -0.350. The van der Waals surface area contributed by atoms with Crippen LogP contribution in [0.25, 0.3) is 0 Å². The molecule has 0 aliphatic heterocycles. The number of likely N-dealkylation sites (N-methyl/N-ethyl adjacent to an activating group) is 1. The van der Waals surface area contributed by atoms with Crippen LogP contribution >= 0.6 is 15.9 Å². The molecule has 0 aliphatic carbocycles. The van der Waals surface area contributed by atoms with Crippen LogP contribution in [0.1, 0.15) is 0 Å². The highest BCUT2D eigenvalue weighted by molar-refractivity contribution is 9.10. The number of halogens is 2. The summed E-state index contributed by atoms with van der Waals surface area (Å²) in [5, 5.41) is 2.84. The first-order chi connectivity index (χ1) is 7.00. The molecule has 0 heterocycles. The van der Waals surface area contributed by atoms with Gasteiger partial charge in [-0.1, -0.05) is 0 Å². The summed E-state index contributed by atoms with van der Waals surface area (Å²) in [4.78, 5) is 12.7. The van der Waals surface area contributed by atoms with Crippen molar-refractivity contribution in [1.82, 2.24) is 4.90 Å². The number of anilines is 1. The number of benzene rings is 1. The van der Waals surface area contributed by atoms with Crippen LogP contribution in [-0.4, -0.2) is 31.4 Å². The Kier molecular flexibility index (Phi) is 4.08. The molecule has 0 bridgehead atoms. The Morgan fingerprint density at radius 2 is 2.20 bits per heavy atom. The van der Waals surface area contributed by atoms with Crippen LogP contribution in [0.2, 0.25) is 0 Å². The molecular weight excluding hydrogens is 263 g/mol. The summed E-state index contributed by atoms with van der Waals surface area (Å²) in [6.07, 6.45) is 0. The van der Waals surface area contributed by atoms with Gasteiger partial charge in [0.2, 0.25) is 5.91 Å². The molecule has 1 aromatic carbocycles. The van der Waals surface area contributed by atoms with Crippen molar-refractivity contribution in [1.29, 1.82) is 0 Å². The fourth-order valence-electron chi connectivity index (χ4n) is 0.942. The van der Waals surface area contributed by atoms with Crippen molar-refractivity contribution in [3.8, 4) is 0 Å². The van der Waals surface area contributed by atoms with E-state index in [4.69, 9.17) is 0 Å². The number of hydrogen-bond acceptors (Lipinski definition) is 2. The highest BCUT2D eigenvalue weighted by Crippen LogP contribution is 2.18. The first-order valence-electron chi connectivity index (χ1n) is 4.40. The van der Waals surface area contributed by atoms with E-state index in [1.54, 1.807) is 26.2 Å². The van der Waals surface area contributed by atoms with Gasteiger partial charge in [-0.2, -0.15) is 0 Å². The minimum absolute atomic E-state index is 0.0571. The highest BCUT2D eigenvalue weighted by atomic mass is 79.9. The molecule has 0 fully saturated rings. The Balaban J connectivity index is 2.58. The first-order valence-corrected chi connectivity index (χ1v) is 5.19. The number of carbonyl (C=O) groups is 1. The summed E-state index contributed by atoms with van der Waals surface area (Å²) in [6, 6.07) is 4.64. The second kappa shape index (κ2) is 5.11. The normalized spacial score (nSPS) is 9.87. The molecule has 1 amide bonds. The zero-order chi connectivity index (χ0) is 11.4. The van der Waals surface area contributed by atoms with E-state index >= 15 is 0 Å². The van der Waals surface area contributed by atoms with Crippen molar-refractivity contribution in [3.05, 3.63) is 28.5 Å². The molecule has 0 aliphatic rings. The Morgan fingerprint density at radius 3 is 2.73 bits per heavy atom. The number of carbonyl (C=O) groups excluding carboxylic acids is 1. The Labute approximate surface area is 96.4 Å². The van der Waals surface area contributed by atoms with Gasteiger partial charge in [-0.05, 0) is 34.1 Å². The quantitative estimate of drug-likeness (QED) is 0.916. The van der Waals surface area contributed by atoms with Gasteiger partial charge in [-0.15, -0.1) is 0 Å². The van der Waals surface area contributed by atoms with Crippen LogP contribution < -0.4 is 5.32 Å². The third-order valence-corrected chi connectivity index (χ3v) is 2.51. The van der Waals surface area contributed by atoms with E-state index in [0.29, 0.717) is 10.2 Å². The van der Waals surface area contributed by atoms with Crippen molar-refractivity contribution in [3.63, 3.8) is 0 Å². The SMILES string of the molecule is CN(C)C(=O)CNc1ccc(Br)c(F)c1. The second-order valence-corrected chi connectivity index (χ2v) is 4.12. The molecule has 1 N–H and O–H groups in total. The van der Waals surface area contributed by atoms with E-state index in [1.165, 1.54) is 11.0 Å². The highest BCUT2D eigenvalue weighted by Gasteiger charge is 2.04. The number of nitrogens with one attached hydrogen (secondary N) is 1. The molecule has 0 atom stereocenters. The van der Waals surface area contributed by atoms with Gasteiger partial charge in [0.25, 0.3) is 0 Å². The van der Waals surface area contributed by atoms with Crippen molar-refractivity contribution in [2.24, 2.45) is 0 Å². The minimum Gasteiger partial charge on any atom is -0.376 e. The third kappa shape index (κ3) is 3.51. The predicted octanol–water partition coefficient (Wildman–Crippen LogP) is 2.09. The van der Waals surface area contributed by atoms with E-state index in [2.05, 4.69) is 21.2 Å². The molecule has 0 unspecified atom stereocenters. The number of nitrogens with zero attached hydrogens (tertiary/aromatic N) is 1. The summed E-state index contributed by atoms with van der Waals surface area (Å²) >= 11 is 3.05. The van der Waals surface area contributed by atoms with Gasteiger partial charge in [0.05, 0.1) is 11.0 Å². The van der Waals surface area contributed by atoms with Gasteiger partial charge >= 0.3 is 0 Å². The first kappa shape index (κ1) is 12.0. The Morgan fingerprint density at radius 1 is 1.53 bits per heavy atom. The summed E-state index contributed by atoms with van der Waals surface area (Å²) in [6.45, 7) is 0.161. The fourth-order valence-corrected chi connectivity index (χ4v) is 1.19. The Hall–Kier alpha value is -1.10. The zero-order valence-corrected chi connectivity index (χ0v) is 10.1. The van der Waals surface area contributed by atoms with E-state index in [1.807, 2.05) is 0 Å². The van der Waals surface area contributed by atoms with Crippen molar-refractivity contribution in [2.45, 2.75) is 0 Å². The molecular formula is C10H12BrFN2O. The van der Waals surface area contributed by atoms with Gasteiger partial charge in [0.15, 0.2) is 0 Å². The largest absolute Gasteiger partial charge is 0.376 e. The maximum Gasteiger partial charge on any atom is 0.241 e. The van der Waals surface area contributed by atoms with Crippen LogP contribution in [0.5, 0.6) is 0 Å². The topological polar surface area (TPSA) is 32.3 Å². The Bertz CT molecular complexity index is 368. The average molecular weight is 275 g/mol. The second-order valence-electron chi connectivity index (χ2n) is 3.27. The summed E-state index contributed by atoms with van der Waals surface area (Å²) < 4.78 is 13.5. The van der Waals surface area contributed by atoms with Crippen molar-refractivity contribution in [2.75, 3.05) is 26.0 Å². The lowest BCUT2D eigenvalue weighted by molar-refractivity contribution is -0.126.